The van der Waals surface area contributed by atoms with Crippen molar-refractivity contribution < 1.29 is 14.0 Å². The molecular weight excluding hydrogens is 283 g/mol. The van der Waals surface area contributed by atoms with Crippen molar-refractivity contribution in [3.63, 3.8) is 0 Å². The molecule has 1 fully saturated rings. The van der Waals surface area contributed by atoms with E-state index in [-0.39, 0.29) is 23.5 Å². The number of carbonyl (C=O) groups is 2. The first kappa shape index (κ1) is 16.5. The van der Waals surface area contributed by atoms with Crippen molar-refractivity contribution >= 4 is 11.8 Å². The van der Waals surface area contributed by atoms with Crippen molar-refractivity contribution in [1.82, 2.24) is 9.80 Å². The van der Waals surface area contributed by atoms with Crippen LogP contribution in [0.2, 0.25) is 0 Å². The Balaban J connectivity index is 1.89. The Morgan fingerprint density at radius 2 is 1.73 bits per heavy atom. The zero-order valence-corrected chi connectivity index (χ0v) is 13.2. The van der Waals surface area contributed by atoms with Gasteiger partial charge in [-0.1, -0.05) is 32.0 Å². The molecule has 1 aromatic carbocycles. The van der Waals surface area contributed by atoms with Crippen molar-refractivity contribution in [3.8, 4) is 0 Å². The molecule has 1 aliphatic heterocycles. The van der Waals surface area contributed by atoms with Crippen molar-refractivity contribution in [3.05, 3.63) is 35.6 Å². The Kier molecular flexibility index (Phi) is 5.52. The van der Waals surface area contributed by atoms with E-state index in [0.717, 1.165) is 0 Å². The highest BCUT2D eigenvalue weighted by atomic mass is 19.1. The molecule has 22 heavy (non-hydrogen) atoms. The van der Waals surface area contributed by atoms with E-state index in [1.807, 2.05) is 13.8 Å². The molecule has 0 spiro atoms. The molecule has 0 bridgehead atoms. The van der Waals surface area contributed by atoms with Crippen LogP contribution in [-0.2, 0) is 16.0 Å². The topological polar surface area (TPSA) is 40.6 Å². The third-order valence-electron chi connectivity index (χ3n) is 4.15. The molecule has 5 heteroatoms. The van der Waals surface area contributed by atoms with Crippen LogP contribution < -0.4 is 0 Å². The summed E-state index contributed by atoms with van der Waals surface area (Å²) in [7, 11) is 0. The Morgan fingerprint density at radius 3 is 2.32 bits per heavy atom. The van der Waals surface area contributed by atoms with Gasteiger partial charge in [-0.05, 0) is 18.1 Å². The van der Waals surface area contributed by atoms with Crippen molar-refractivity contribution in [2.75, 3.05) is 26.2 Å². The molecule has 1 aliphatic rings. The molecule has 1 unspecified atom stereocenters. The van der Waals surface area contributed by atoms with Crippen LogP contribution in [0.5, 0.6) is 0 Å². The number of amides is 2. The van der Waals surface area contributed by atoms with E-state index in [0.29, 0.717) is 44.6 Å². The summed E-state index contributed by atoms with van der Waals surface area (Å²) >= 11 is 0. The lowest BCUT2D eigenvalue weighted by molar-refractivity contribution is -0.141. The van der Waals surface area contributed by atoms with Gasteiger partial charge in [0.25, 0.3) is 0 Å². The minimum absolute atomic E-state index is 0.0341. The first-order valence-corrected chi connectivity index (χ1v) is 7.83. The average Bonchev–Trinajstić information content (AvgIpc) is 2.55. The van der Waals surface area contributed by atoms with E-state index in [9.17, 15) is 14.0 Å². The third kappa shape index (κ3) is 3.84. The predicted octanol–water partition coefficient (Wildman–Crippen LogP) is 2.09. The van der Waals surface area contributed by atoms with Crippen LogP contribution in [0.4, 0.5) is 4.39 Å². The molecule has 0 aliphatic carbocycles. The van der Waals surface area contributed by atoms with Crippen LogP contribution in [-0.4, -0.2) is 47.8 Å². The van der Waals surface area contributed by atoms with Gasteiger partial charge in [-0.15, -0.1) is 0 Å². The molecule has 4 nitrogen and oxygen atoms in total. The smallest absolute Gasteiger partial charge is 0.225 e. The predicted molar refractivity (Wildman–Crippen MR) is 82.7 cm³/mol. The Hall–Kier alpha value is -1.91. The SMILES string of the molecule is CCC(=O)N1CCN(C(=O)C(C)Cc2ccccc2F)CC1. The van der Waals surface area contributed by atoms with Gasteiger partial charge in [-0.2, -0.15) is 0 Å². The van der Waals surface area contributed by atoms with Gasteiger partial charge in [0.1, 0.15) is 5.82 Å². The van der Waals surface area contributed by atoms with Crippen LogP contribution >= 0.6 is 0 Å². The van der Waals surface area contributed by atoms with Crippen LogP contribution in [0.25, 0.3) is 0 Å². The highest BCUT2D eigenvalue weighted by Gasteiger charge is 2.26. The largest absolute Gasteiger partial charge is 0.339 e. The lowest BCUT2D eigenvalue weighted by Gasteiger charge is -2.36. The molecule has 2 rings (SSSR count). The van der Waals surface area contributed by atoms with Gasteiger partial charge < -0.3 is 9.80 Å². The second-order valence-electron chi connectivity index (χ2n) is 5.76. The second kappa shape index (κ2) is 7.38. The summed E-state index contributed by atoms with van der Waals surface area (Å²) in [5.74, 6) is -0.357. The van der Waals surface area contributed by atoms with Gasteiger partial charge in [0, 0.05) is 38.5 Å². The molecule has 1 heterocycles. The summed E-state index contributed by atoms with van der Waals surface area (Å²) < 4.78 is 13.7. The van der Waals surface area contributed by atoms with Gasteiger partial charge in [0.15, 0.2) is 0 Å². The van der Waals surface area contributed by atoms with Crippen LogP contribution in [0.1, 0.15) is 25.8 Å². The summed E-state index contributed by atoms with van der Waals surface area (Å²) in [6, 6.07) is 6.57. The molecule has 0 saturated carbocycles. The highest BCUT2D eigenvalue weighted by Crippen LogP contribution is 2.16. The lowest BCUT2D eigenvalue weighted by atomic mass is 9.99. The number of halogens is 1. The minimum atomic E-state index is -0.263. The van der Waals surface area contributed by atoms with Gasteiger partial charge in [0.05, 0.1) is 0 Å². The zero-order valence-electron chi connectivity index (χ0n) is 13.2. The maximum absolute atomic E-state index is 13.7. The fourth-order valence-corrected chi connectivity index (χ4v) is 2.79. The van der Waals surface area contributed by atoms with E-state index in [4.69, 9.17) is 0 Å². The molecule has 1 saturated heterocycles. The molecule has 1 aromatic rings. The summed E-state index contributed by atoms with van der Waals surface area (Å²) in [6.07, 6.45) is 0.900. The van der Waals surface area contributed by atoms with Gasteiger partial charge >= 0.3 is 0 Å². The average molecular weight is 306 g/mol. The fraction of sp³-hybridized carbons (Fsp3) is 0.529. The number of hydrogen-bond acceptors (Lipinski definition) is 2. The van der Waals surface area contributed by atoms with E-state index in [1.54, 1.807) is 28.0 Å². The highest BCUT2D eigenvalue weighted by molar-refractivity contribution is 5.80. The molecule has 120 valence electrons. The standard InChI is InChI=1S/C17H23FN2O2/c1-3-16(21)19-8-10-20(11-9-19)17(22)13(2)12-14-6-4-5-7-15(14)18/h4-7,13H,3,8-12H2,1-2H3. The van der Waals surface area contributed by atoms with Crippen molar-refractivity contribution in [2.24, 2.45) is 5.92 Å². The number of carbonyl (C=O) groups excluding carboxylic acids is 2. The number of rotatable bonds is 4. The number of benzene rings is 1. The third-order valence-corrected chi connectivity index (χ3v) is 4.15. The van der Waals surface area contributed by atoms with Gasteiger partial charge in [-0.25, -0.2) is 4.39 Å². The Bertz CT molecular complexity index is 539. The van der Waals surface area contributed by atoms with Crippen LogP contribution in [0.15, 0.2) is 24.3 Å². The molecular formula is C17H23FN2O2. The number of nitrogens with zero attached hydrogens (tertiary/aromatic N) is 2. The number of hydrogen-bond donors (Lipinski definition) is 0. The monoisotopic (exact) mass is 306 g/mol. The maximum atomic E-state index is 13.7. The second-order valence-corrected chi connectivity index (χ2v) is 5.76. The Morgan fingerprint density at radius 1 is 1.14 bits per heavy atom. The summed E-state index contributed by atoms with van der Waals surface area (Å²) in [5.41, 5.74) is 0.572. The molecule has 0 aromatic heterocycles. The summed E-state index contributed by atoms with van der Waals surface area (Å²) in [5, 5.41) is 0. The summed E-state index contributed by atoms with van der Waals surface area (Å²) in [6.45, 7) is 5.97. The van der Waals surface area contributed by atoms with E-state index >= 15 is 0 Å². The van der Waals surface area contributed by atoms with Crippen LogP contribution in [0.3, 0.4) is 0 Å². The first-order chi connectivity index (χ1) is 10.5. The zero-order chi connectivity index (χ0) is 16.1. The molecule has 1 atom stereocenters. The van der Waals surface area contributed by atoms with Crippen molar-refractivity contribution in [1.29, 1.82) is 0 Å². The van der Waals surface area contributed by atoms with E-state index in [1.165, 1.54) is 6.07 Å². The van der Waals surface area contributed by atoms with E-state index < -0.39 is 0 Å². The lowest BCUT2D eigenvalue weighted by Crippen LogP contribution is -2.51. The molecule has 2 amide bonds. The Labute approximate surface area is 130 Å². The normalized spacial score (nSPS) is 16.5. The number of piperazine rings is 1. The van der Waals surface area contributed by atoms with E-state index in [2.05, 4.69) is 0 Å². The first-order valence-electron chi connectivity index (χ1n) is 7.83. The molecule has 0 N–H and O–H groups in total. The van der Waals surface area contributed by atoms with Crippen LogP contribution in [0, 0.1) is 11.7 Å². The summed E-state index contributed by atoms with van der Waals surface area (Å²) in [4.78, 5) is 27.7. The maximum Gasteiger partial charge on any atom is 0.225 e. The fourth-order valence-electron chi connectivity index (χ4n) is 2.79. The van der Waals surface area contributed by atoms with Gasteiger partial charge in [0.2, 0.25) is 11.8 Å². The minimum Gasteiger partial charge on any atom is -0.339 e. The van der Waals surface area contributed by atoms with Crippen molar-refractivity contribution in [2.45, 2.75) is 26.7 Å². The quantitative estimate of drug-likeness (QED) is 0.854. The van der Waals surface area contributed by atoms with Gasteiger partial charge in [-0.3, -0.25) is 9.59 Å². The molecule has 0 radical (unpaired) electrons.